The highest BCUT2D eigenvalue weighted by molar-refractivity contribution is 5.78. The Balaban J connectivity index is 2.12. The maximum atomic E-state index is 12.0. The van der Waals surface area contributed by atoms with E-state index in [0.29, 0.717) is 45.6 Å². The molecule has 6 nitrogen and oxygen atoms in total. The average molecular weight is 286 g/mol. The Kier molecular flexibility index (Phi) is 7.54. The second-order valence-corrected chi connectivity index (χ2v) is 5.14. The molecule has 0 aromatic heterocycles. The summed E-state index contributed by atoms with van der Waals surface area (Å²) in [6.07, 6.45) is 1.25. The van der Waals surface area contributed by atoms with Gasteiger partial charge in [-0.15, -0.1) is 0 Å². The standard InChI is InChI=1S/C14H26N2O4/c1-4-19-14(18)6-5-7-15-8-13(17)16-9-11(2)20-12(3)10-16/h11-12,15H,4-10H2,1-3H3. The van der Waals surface area contributed by atoms with Gasteiger partial charge in [0, 0.05) is 19.5 Å². The van der Waals surface area contributed by atoms with E-state index < -0.39 is 0 Å². The zero-order chi connectivity index (χ0) is 15.0. The molecule has 1 fully saturated rings. The Labute approximate surface area is 120 Å². The van der Waals surface area contributed by atoms with Crippen molar-refractivity contribution >= 4 is 11.9 Å². The first-order valence-electron chi connectivity index (χ1n) is 7.32. The second kappa shape index (κ2) is 8.92. The third-order valence-electron chi connectivity index (χ3n) is 3.09. The van der Waals surface area contributed by atoms with E-state index >= 15 is 0 Å². The maximum Gasteiger partial charge on any atom is 0.305 e. The number of esters is 1. The van der Waals surface area contributed by atoms with Gasteiger partial charge in [-0.1, -0.05) is 0 Å². The number of hydrogen-bond donors (Lipinski definition) is 1. The molecule has 1 rings (SSSR count). The Hall–Kier alpha value is -1.14. The molecule has 0 spiro atoms. The number of morpholine rings is 1. The van der Waals surface area contributed by atoms with Crippen LogP contribution < -0.4 is 5.32 Å². The van der Waals surface area contributed by atoms with Crippen LogP contribution in [0, 0.1) is 0 Å². The second-order valence-electron chi connectivity index (χ2n) is 5.14. The third kappa shape index (κ3) is 6.34. The van der Waals surface area contributed by atoms with Gasteiger partial charge >= 0.3 is 5.97 Å². The van der Waals surface area contributed by atoms with E-state index in [1.54, 1.807) is 6.92 Å². The van der Waals surface area contributed by atoms with Crippen LogP contribution in [-0.4, -0.2) is 61.8 Å². The summed E-state index contributed by atoms with van der Waals surface area (Å²) in [6.45, 7) is 8.40. The van der Waals surface area contributed by atoms with E-state index in [2.05, 4.69) is 5.32 Å². The van der Waals surface area contributed by atoms with Crippen molar-refractivity contribution in [3.05, 3.63) is 0 Å². The largest absolute Gasteiger partial charge is 0.466 e. The third-order valence-corrected chi connectivity index (χ3v) is 3.09. The van der Waals surface area contributed by atoms with E-state index in [1.165, 1.54) is 0 Å². The van der Waals surface area contributed by atoms with Crippen molar-refractivity contribution in [2.24, 2.45) is 0 Å². The quantitative estimate of drug-likeness (QED) is 0.547. The molecule has 0 aromatic carbocycles. The molecule has 1 aliphatic heterocycles. The van der Waals surface area contributed by atoms with Gasteiger partial charge in [0.05, 0.1) is 25.4 Å². The number of carbonyl (C=O) groups is 2. The van der Waals surface area contributed by atoms with Crippen LogP contribution in [0.2, 0.25) is 0 Å². The number of hydrogen-bond acceptors (Lipinski definition) is 5. The maximum absolute atomic E-state index is 12.0. The molecule has 2 unspecified atom stereocenters. The topological polar surface area (TPSA) is 67.9 Å². The molecule has 20 heavy (non-hydrogen) atoms. The molecule has 0 aromatic rings. The summed E-state index contributed by atoms with van der Waals surface area (Å²) in [4.78, 5) is 25.0. The van der Waals surface area contributed by atoms with Crippen LogP contribution in [0.15, 0.2) is 0 Å². The fraction of sp³-hybridized carbons (Fsp3) is 0.857. The van der Waals surface area contributed by atoms with Gasteiger partial charge in [0.1, 0.15) is 0 Å². The minimum Gasteiger partial charge on any atom is -0.466 e. The Morgan fingerprint density at radius 3 is 2.55 bits per heavy atom. The normalized spacial score (nSPS) is 22.6. The molecule has 1 heterocycles. The molecule has 1 aliphatic rings. The van der Waals surface area contributed by atoms with Gasteiger partial charge in [0.15, 0.2) is 0 Å². The van der Waals surface area contributed by atoms with Crippen LogP contribution >= 0.6 is 0 Å². The fourth-order valence-electron chi connectivity index (χ4n) is 2.28. The summed E-state index contributed by atoms with van der Waals surface area (Å²) in [6, 6.07) is 0. The lowest BCUT2D eigenvalue weighted by molar-refractivity contribution is -0.143. The number of rotatable bonds is 7. The van der Waals surface area contributed by atoms with Gasteiger partial charge in [-0.05, 0) is 33.7 Å². The average Bonchev–Trinajstić information content (AvgIpc) is 2.37. The predicted octanol–water partition coefficient (Wildman–Crippen LogP) is 0.555. The van der Waals surface area contributed by atoms with Crippen molar-refractivity contribution in [2.45, 2.75) is 45.8 Å². The van der Waals surface area contributed by atoms with Crippen molar-refractivity contribution in [3.8, 4) is 0 Å². The molecule has 0 saturated carbocycles. The number of carbonyl (C=O) groups excluding carboxylic acids is 2. The first-order chi connectivity index (χ1) is 9.52. The van der Waals surface area contributed by atoms with Crippen LogP contribution in [0.5, 0.6) is 0 Å². The lowest BCUT2D eigenvalue weighted by Gasteiger charge is -2.35. The lowest BCUT2D eigenvalue weighted by atomic mass is 10.2. The van der Waals surface area contributed by atoms with Crippen LogP contribution in [0.25, 0.3) is 0 Å². The summed E-state index contributed by atoms with van der Waals surface area (Å²) < 4.78 is 10.4. The highest BCUT2D eigenvalue weighted by Gasteiger charge is 2.25. The molecule has 2 atom stereocenters. The molecule has 1 N–H and O–H groups in total. The first-order valence-corrected chi connectivity index (χ1v) is 7.32. The highest BCUT2D eigenvalue weighted by atomic mass is 16.5. The smallest absolute Gasteiger partial charge is 0.305 e. The zero-order valence-electron chi connectivity index (χ0n) is 12.7. The van der Waals surface area contributed by atoms with Crippen molar-refractivity contribution in [2.75, 3.05) is 32.8 Å². The molecular weight excluding hydrogens is 260 g/mol. The van der Waals surface area contributed by atoms with Crippen molar-refractivity contribution in [3.63, 3.8) is 0 Å². The minimum atomic E-state index is -0.184. The van der Waals surface area contributed by atoms with E-state index in [9.17, 15) is 9.59 Å². The molecule has 0 aliphatic carbocycles. The van der Waals surface area contributed by atoms with Crippen molar-refractivity contribution in [1.29, 1.82) is 0 Å². The predicted molar refractivity (Wildman–Crippen MR) is 75.3 cm³/mol. The fourth-order valence-corrected chi connectivity index (χ4v) is 2.28. The molecular formula is C14H26N2O4. The summed E-state index contributed by atoms with van der Waals surface area (Å²) in [7, 11) is 0. The van der Waals surface area contributed by atoms with Gasteiger partial charge < -0.3 is 19.7 Å². The summed E-state index contributed by atoms with van der Waals surface area (Å²) in [5.41, 5.74) is 0. The molecule has 0 bridgehead atoms. The van der Waals surface area contributed by atoms with Crippen molar-refractivity contribution in [1.82, 2.24) is 10.2 Å². The first kappa shape index (κ1) is 16.9. The number of nitrogens with one attached hydrogen (secondary N) is 1. The summed E-state index contributed by atoms with van der Waals surface area (Å²) in [5, 5.41) is 3.07. The van der Waals surface area contributed by atoms with Crippen molar-refractivity contribution < 1.29 is 19.1 Å². The highest BCUT2D eigenvalue weighted by Crippen LogP contribution is 2.10. The van der Waals surface area contributed by atoms with Gasteiger partial charge in [0.25, 0.3) is 0 Å². The lowest BCUT2D eigenvalue weighted by Crippen LogP contribution is -2.50. The van der Waals surface area contributed by atoms with Gasteiger partial charge in [0.2, 0.25) is 5.91 Å². The van der Waals surface area contributed by atoms with E-state index in [1.807, 2.05) is 18.7 Å². The van der Waals surface area contributed by atoms with Gasteiger partial charge in [-0.3, -0.25) is 9.59 Å². The number of amides is 1. The Bertz CT molecular complexity index is 312. The molecule has 6 heteroatoms. The van der Waals surface area contributed by atoms with E-state index in [4.69, 9.17) is 9.47 Å². The summed E-state index contributed by atoms with van der Waals surface area (Å²) >= 11 is 0. The Morgan fingerprint density at radius 2 is 1.95 bits per heavy atom. The van der Waals surface area contributed by atoms with Crippen LogP contribution in [0.4, 0.5) is 0 Å². The monoisotopic (exact) mass is 286 g/mol. The van der Waals surface area contributed by atoms with Crippen LogP contribution in [-0.2, 0) is 19.1 Å². The van der Waals surface area contributed by atoms with Crippen LogP contribution in [0.3, 0.4) is 0 Å². The van der Waals surface area contributed by atoms with Gasteiger partial charge in [-0.25, -0.2) is 0 Å². The zero-order valence-corrected chi connectivity index (χ0v) is 12.7. The number of ether oxygens (including phenoxy) is 2. The molecule has 1 saturated heterocycles. The molecule has 0 radical (unpaired) electrons. The van der Waals surface area contributed by atoms with Gasteiger partial charge in [-0.2, -0.15) is 0 Å². The SMILES string of the molecule is CCOC(=O)CCCNCC(=O)N1CC(C)OC(C)C1. The molecule has 1 amide bonds. The Morgan fingerprint density at radius 1 is 1.30 bits per heavy atom. The van der Waals surface area contributed by atoms with E-state index in [0.717, 1.165) is 0 Å². The van der Waals surface area contributed by atoms with Crippen LogP contribution in [0.1, 0.15) is 33.6 Å². The minimum absolute atomic E-state index is 0.0862. The number of nitrogens with zero attached hydrogens (tertiary/aromatic N) is 1. The summed E-state index contributed by atoms with van der Waals surface area (Å²) in [5.74, 6) is -0.0976. The molecule has 116 valence electrons. The van der Waals surface area contributed by atoms with E-state index in [-0.39, 0.29) is 24.1 Å².